The van der Waals surface area contributed by atoms with Crippen LogP contribution in [-0.4, -0.2) is 57.6 Å². The number of nitrogens with one attached hydrogen (secondary N) is 1. The number of esters is 1. The molecule has 1 aromatic heterocycles. The Hall–Kier alpha value is -2.04. The van der Waals surface area contributed by atoms with E-state index in [1.165, 1.54) is 11.7 Å². The van der Waals surface area contributed by atoms with Crippen molar-refractivity contribution in [3.63, 3.8) is 0 Å². The molecule has 2 aromatic rings. The Bertz CT molecular complexity index is 837. The van der Waals surface area contributed by atoms with Gasteiger partial charge in [0.2, 0.25) is 5.95 Å². The summed E-state index contributed by atoms with van der Waals surface area (Å²) < 4.78 is 45.4. The zero-order chi connectivity index (χ0) is 20.9. The SMILES string of the molecule is COCCNc1nc2c(F)c(F)cc(C(=O)OC)c2n1COCC[Si](C)(C)C. The number of methoxy groups -OCH3 is 2. The molecule has 1 aromatic carbocycles. The fourth-order valence-corrected chi connectivity index (χ4v) is 3.33. The van der Waals surface area contributed by atoms with Crippen LogP contribution in [0, 0.1) is 11.6 Å². The molecule has 0 saturated heterocycles. The zero-order valence-corrected chi connectivity index (χ0v) is 17.9. The first-order chi connectivity index (χ1) is 13.2. The highest BCUT2D eigenvalue weighted by Gasteiger charge is 2.25. The first kappa shape index (κ1) is 22.2. The number of rotatable bonds is 10. The molecule has 0 amide bonds. The van der Waals surface area contributed by atoms with Crippen molar-refractivity contribution < 1.29 is 27.8 Å². The first-order valence-electron chi connectivity index (χ1n) is 8.96. The van der Waals surface area contributed by atoms with Gasteiger partial charge in [-0.05, 0) is 12.1 Å². The molecular weight excluding hydrogens is 388 g/mol. The molecule has 0 saturated carbocycles. The fraction of sp³-hybridized carbons (Fsp3) is 0.556. The Balaban J connectivity index is 2.47. The number of hydrogen-bond acceptors (Lipinski definition) is 6. The normalized spacial score (nSPS) is 11.8. The van der Waals surface area contributed by atoms with Crippen molar-refractivity contribution in [2.45, 2.75) is 32.4 Å². The molecule has 0 bridgehead atoms. The van der Waals surface area contributed by atoms with Gasteiger partial charge in [-0.1, -0.05) is 19.6 Å². The summed E-state index contributed by atoms with van der Waals surface area (Å²) in [5.74, 6) is -2.82. The Morgan fingerprint density at radius 2 is 1.96 bits per heavy atom. The lowest BCUT2D eigenvalue weighted by Crippen LogP contribution is -2.22. The summed E-state index contributed by atoms with van der Waals surface area (Å²) in [6.07, 6.45) is 0. The van der Waals surface area contributed by atoms with Crippen LogP contribution in [0.15, 0.2) is 6.07 Å². The van der Waals surface area contributed by atoms with Crippen LogP contribution in [0.4, 0.5) is 14.7 Å². The Morgan fingerprint density at radius 1 is 1.25 bits per heavy atom. The van der Waals surface area contributed by atoms with E-state index in [0.717, 1.165) is 12.1 Å². The average Bonchev–Trinajstić information content (AvgIpc) is 2.99. The molecule has 0 fully saturated rings. The van der Waals surface area contributed by atoms with Crippen LogP contribution < -0.4 is 5.32 Å². The summed E-state index contributed by atoms with van der Waals surface area (Å²) in [6.45, 7) is 8.03. The molecule has 0 unspecified atom stereocenters. The molecule has 1 N–H and O–H groups in total. The molecule has 0 aliphatic rings. The largest absolute Gasteiger partial charge is 0.465 e. The van der Waals surface area contributed by atoms with Gasteiger partial charge in [-0.2, -0.15) is 0 Å². The number of nitrogens with zero attached hydrogens (tertiary/aromatic N) is 2. The number of aromatic nitrogens is 2. The second-order valence-corrected chi connectivity index (χ2v) is 13.2. The van der Waals surface area contributed by atoms with Crippen LogP contribution in [0.1, 0.15) is 10.4 Å². The fourth-order valence-electron chi connectivity index (χ4n) is 2.58. The first-order valence-corrected chi connectivity index (χ1v) is 12.7. The highest BCUT2D eigenvalue weighted by atomic mass is 28.3. The van der Waals surface area contributed by atoms with E-state index in [1.54, 1.807) is 7.11 Å². The van der Waals surface area contributed by atoms with Gasteiger partial charge < -0.3 is 19.5 Å². The molecule has 0 aliphatic heterocycles. The third kappa shape index (κ3) is 5.27. The summed E-state index contributed by atoms with van der Waals surface area (Å²) in [5, 5.41) is 3.01. The minimum absolute atomic E-state index is 0.0331. The molecule has 0 spiro atoms. The second-order valence-electron chi connectivity index (χ2n) is 7.54. The smallest absolute Gasteiger partial charge is 0.340 e. The molecule has 2 rings (SSSR count). The number of benzene rings is 1. The van der Waals surface area contributed by atoms with Gasteiger partial charge in [0.1, 0.15) is 12.2 Å². The summed E-state index contributed by atoms with van der Waals surface area (Å²) in [7, 11) is 1.44. The van der Waals surface area contributed by atoms with Gasteiger partial charge in [-0.25, -0.2) is 18.6 Å². The van der Waals surface area contributed by atoms with E-state index in [4.69, 9.17) is 14.2 Å². The molecule has 156 valence electrons. The van der Waals surface area contributed by atoms with Gasteiger partial charge in [-0.3, -0.25) is 4.57 Å². The molecule has 0 atom stereocenters. The predicted molar refractivity (Wildman–Crippen MR) is 105 cm³/mol. The third-order valence-corrected chi connectivity index (χ3v) is 5.83. The number of fused-ring (bicyclic) bond motifs is 1. The van der Waals surface area contributed by atoms with Gasteiger partial charge in [0, 0.05) is 28.3 Å². The van der Waals surface area contributed by atoms with Crippen LogP contribution in [0.2, 0.25) is 25.7 Å². The van der Waals surface area contributed by atoms with E-state index < -0.39 is 25.7 Å². The van der Waals surface area contributed by atoms with Crippen molar-refractivity contribution >= 4 is 31.0 Å². The van der Waals surface area contributed by atoms with Crippen LogP contribution in [0.3, 0.4) is 0 Å². The van der Waals surface area contributed by atoms with E-state index in [1.807, 2.05) is 0 Å². The van der Waals surface area contributed by atoms with Crippen LogP contribution >= 0.6 is 0 Å². The summed E-state index contributed by atoms with van der Waals surface area (Å²) in [4.78, 5) is 16.3. The summed E-state index contributed by atoms with van der Waals surface area (Å²) >= 11 is 0. The van der Waals surface area contributed by atoms with E-state index in [-0.39, 0.29) is 29.3 Å². The highest BCUT2D eigenvalue weighted by Crippen LogP contribution is 2.28. The van der Waals surface area contributed by atoms with E-state index in [2.05, 4.69) is 29.9 Å². The zero-order valence-electron chi connectivity index (χ0n) is 16.9. The van der Waals surface area contributed by atoms with Gasteiger partial charge in [-0.15, -0.1) is 0 Å². The number of halogens is 2. The maximum atomic E-state index is 14.4. The summed E-state index contributed by atoms with van der Waals surface area (Å²) in [5.41, 5.74) is -0.245. The summed E-state index contributed by atoms with van der Waals surface area (Å²) in [6, 6.07) is 1.77. The lowest BCUT2D eigenvalue weighted by Gasteiger charge is -2.17. The molecule has 7 nitrogen and oxygen atoms in total. The number of anilines is 1. The molecule has 10 heteroatoms. The van der Waals surface area contributed by atoms with Crippen molar-refractivity contribution in [3.8, 4) is 0 Å². The minimum atomic E-state index is -1.29. The molecule has 0 radical (unpaired) electrons. The number of ether oxygens (including phenoxy) is 3. The minimum Gasteiger partial charge on any atom is -0.465 e. The molecule has 28 heavy (non-hydrogen) atoms. The Labute approximate surface area is 164 Å². The van der Waals surface area contributed by atoms with Crippen LogP contribution in [0.25, 0.3) is 11.0 Å². The quantitative estimate of drug-likeness (QED) is 0.364. The number of imidazole rings is 1. The van der Waals surface area contributed by atoms with Gasteiger partial charge in [0.25, 0.3) is 0 Å². The third-order valence-electron chi connectivity index (χ3n) is 4.12. The monoisotopic (exact) mass is 415 g/mol. The topological polar surface area (TPSA) is 74.6 Å². The predicted octanol–water partition coefficient (Wildman–Crippen LogP) is 3.47. The van der Waals surface area contributed by atoms with E-state index >= 15 is 0 Å². The van der Waals surface area contributed by atoms with Crippen molar-refractivity contribution in [1.82, 2.24) is 9.55 Å². The van der Waals surface area contributed by atoms with Gasteiger partial charge in [0.05, 0.1) is 24.8 Å². The lowest BCUT2D eigenvalue weighted by atomic mass is 10.1. The lowest BCUT2D eigenvalue weighted by molar-refractivity contribution is 0.0600. The highest BCUT2D eigenvalue weighted by molar-refractivity contribution is 6.76. The van der Waals surface area contributed by atoms with Gasteiger partial charge in [0.15, 0.2) is 11.6 Å². The van der Waals surface area contributed by atoms with E-state index in [0.29, 0.717) is 19.8 Å². The Kier molecular flexibility index (Phi) is 7.50. The molecule has 0 aliphatic carbocycles. The molecule has 1 heterocycles. The average molecular weight is 416 g/mol. The van der Waals surface area contributed by atoms with Crippen molar-refractivity contribution in [1.29, 1.82) is 0 Å². The van der Waals surface area contributed by atoms with Crippen molar-refractivity contribution in [2.24, 2.45) is 0 Å². The molecular formula is C18H27F2N3O4Si. The van der Waals surface area contributed by atoms with E-state index in [9.17, 15) is 13.6 Å². The number of hydrogen-bond donors (Lipinski definition) is 1. The number of carbonyl (C=O) groups is 1. The van der Waals surface area contributed by atoms with Crippen molar-refractivity contribution in [2.75, 3.05) is 39.3 Å². The second kappa shape index (κ2) is 9.44. The Morgan fingerprint density at radius 3 is 2.57 bits per heavy atom. The maximum absolute atomic E-state index is 14.4. The maximum Gasteiger partial charge on any atom is 0.340 e. The van der Waals surface area contributed by atoms with Gasteiger partial charge >= 0.3 is 5.97 Å². The van der Waals surface area contributed by atoms with Crippen molar-refractivity contribution in [3.05, 3.63) is 23.3 Å². The van der Waals surface area contributed by atoms with Crippen LogP contribution in [-0.2, 0) is 20.9 Å². The standard InChI is InChI=1S/C18H27F2N3O4Si/c1-25-7-6-21-18-22-15-14(20)13(19)10-12(17(24)26-2)16(15)23(18)11-27-8-9-28(3,4)5/h10H,6-9,11H2,1-5H3,(H,21,22). The number of carbonyl (C=O) groups excluding carboxylic acids is 1. The van der Waals surface area contributed by atoms with Crippen LogP contribution in [0.5, 0.6) is 0 Å².